The van der Waals surface area contributed by atoms with E-state index in [4.69, 9.17) is 10.5 Å². The van der Waals surface area contributed by atoms with Crippen molar-refractivity contribution in [1.29, 1.82) is 0 Å². The Kier molecular flexibility index (Phi) is 2.70. The normalized spacial score (nSPS) is 11.1. The van der Waals surface area contributed by atoms with Crippen LogP contribution in [0.4, 0.5) is 0 Å². The van der Waals surface area contributed by atoms with E-state index in [-0.39, 0.29) is 0 Å². The van der Waals surface area contributed by atoms with E-state index in [0.717, 1.165) is 22.6 Å². The van der Waals surface area contributed by atoms with Gasteiger partial charge in [-0.25, -0.2) is 4.98 Å². The molecule has 0 amide bonds. The van der Waals surface area contributed by atoms with E-state index in [1.165, 1.54) is 0 Å². The van der Waals surface area contributed by atoms with Crippen LogP contribution in [0.15, 0.2) is 18.3 Å². The molecule has 0 atom stereocenters. The summed E-state index contributed by atoms with van der Waals surface area (Å²) < 4.78 is 7.18. The van der Waals surface area contributed by atoms with Crippen LogP contribution in [0.2, 0.25) is 0 Å². The van der Waals surface area contributed by atoms with Gasteiger partial charge in [0, 0.05) is 31.1 Å². The molecule has 4 nitrogen and oxygen atoms in total. The number of ether oxygens (including phenoxy) is 1. The Morgan fingerprint density at radius 2 is 2.33 bits per heavy atom. The number of methoxy groups -OCH3 is 1. The molecule has 0 saturated carbocycles. The van der Waals surface area contributed by atoms with Crippen molar-refractivity contribution >= 4 is 5.65 Å². The van der Waals surface area contributed by atoms with Crippen LogP contribution in [-0.4, -0.2) is 16.5 Å². The van der Waals surface area contributed by atoms with Gasteiger partial charge in [-0.2, -0.15) is 0 Å². The summed E-state index contributed by atoms with van der Waals surface area (Å²) >= 11 is 0. The third-order valence-electron chi connectivity index (χ3n) is 2.42. The highest BCUT2D eigenvalue weighted by molar-refractivity contribution is 5.50. The summed E-state index contributed by atoms with van der Waals surface area (Å²) in [5.41, 5.74) is 9.74. The Balaban J connectivity index is 2.65. The van der Waals surface area contributed by atoms with Gasteiger partial charge in [-0.05, 0) is 19.1 Å². The lowest BCUT2D eigenvalue weighted by atomic mass is 10.3. The van der Waals surface area contributed by atoms with E-state index < -0.39 is 0 Å². The fourth-order valence-electron chi connectivity index (χ4n) is 1.75. The average Bonchev–Trinajstić information content (AvgIpc) is 2.61. The molecule has 15 heavy (non-hydrogen) atoms. The molecule has 2 aromatic rings. The van der Waals surface area contributed by atoms with Gasteiger partial charge in [0.15, 0.2) is 0 Å². The SMILES string of the molecule is COCc1cc(C)nc2c(CN)ccn12. The third kappa shape index (κ3) is 1.73. The van der Waals surface area contributed by atoms with Crippen molar-refractivity contribution in [1.82, 2.24) is 9.38 Å². The van der Waals surface area contributed by atoms with Crippen molar-refractivity contribution in [2.75, 3.05) is 7.11 Å². The van der Waals surface area contributed by atoms with Crippen LogP contribution in [0.1, 0.15) is 17.0 Å². The highest BCUT2D eigenvalue weighted by Gasteiger charge is 2.07. The molecule has 2 rings (SSSR count). The number of hydrogen-bond donors (Lipinski definition) is 1. The number of nitrogens with two attached hydrogens (primary N) is 1. The van der Waals surface area contributed by atoms with E-state index in [2.05, 4.69) is 4.98 Å². The van der Waals surface area contributed by atoms with E-state index >= 15 is 0 Å². The van der Waals surface area contributed by atoms with Crippen LogP contribution in [0, 0.1) is 6.92 Å². The Morgan fingerprint density at radius 1 is 1.53 bits per heavy atom. The number of hydrogen-bond acceptors (Lipinski definition) is 3. The first-order chi connectivity index (χ1) is 7.26. The fraction of sp³-hybridized carbons (Fsp3) is 0.364. The Bertz CT molecular complexity index is 476. The zero-order valence-electron chi connectivity index (χ0n) is 9.03. The van der Waals surface area contributed by atoms with Gasteiger partial charge >= 0.3 is 0 Å². The molecule has 0 bridgehead atoms. The minimum absolute atomic E-state index is 0.513. The first-order valence-electron chi connectivity index (χ1n) is 4.91. The predicted molar refractivity (Wildman–Crippen MR) is 58.5 cm³/mol. The van der Waals surface area contributed by atoms with E-state index in [1.807, 2.05) is 29.7 Å². The summed E-state index contributed by atoms with van der Waals surface area (Å²) in [5, 5.41) is 0. The number of fused-ring (bicyclic) bond motifs is 1. The van der Waals surface area contributed by atoms with Gasteiger partial charge in [0.25, 0.3) is 0 Å². The van der Waals surface area contributed by atoms with Gasteiger partial charge < -0.3 is 14.9 Å². The van der Waals surface area contributed by atoms with Gasteiger partial charge in [-0.1, -0.05) is 0 Å². The molecule has 0 radical (unpaired) electrons. The zero-order valence-corrected chi connectivity index (χ0v) is 9.03. The zero-order chi connectivity index (χ0) is 10.8. The number of aromatic nitrogens is 2. The van der Waals surface area contributed by atoms with Crippen LogP contribution < -0.4 is 5.73 Å². The number of nitrogens with zero attached hydrogens (tertiary/aromatic N) is 2. The van der Waals surface area contributed by atoms with Gasteiger partial charge in [-0.15, -0.1) is 0 Å². The molecule has 0 saturated heterocycles. The van der Waals surface area contributed by atoms with Gasteiger partial charge in [-0.3, -0.25) is 0 Å². The average molecular weight is 205 g/mol. The van der Waals surface area contributed by atoms with E-state index in [9.17, 15) is 0 Å². The maximum Gasteiger partial charge on any atom is 0.141 e. The van der Waals surface area contributed by atoms with Crippen molar-refractivity contribution in [2.24, 2.45) is 5.73 Å². The van der Waals surface area contributed by atoms with Crippen molar-refractivity contribution in [3.63, 3.8) is 0 Å². The second kappa shape index (κ2) is 4.00. The van der Waals surface area contributed by atoms with Crippen LogP contribution in [0.3, 0.4) is 0 Å². The van der Waals surface area contributed by atoms with E-state index in [1.54, 1.807) is 7.11 Å². The minimum Gasteiger partial charge on any atom is -0.378 e. The molecule has 4 heteroatoms. The first kappa shape index (κ1) is 10.1. The number of aryl methyl sites for hydroxylation is 1. The summed E-state index contributed by atoms with van der Waals surface area (Å²) in [4.78, 5) is 4.48. The lowest BCUT2D eigenvalue weighted by Gasteiger charge is -2.06. The monoisotopic (exact) mass is 205 g/mol. The largest absolute Gasteiger partial charge is 0.378 e. The summed E-state index contributed by atoms with van der Waals surface area (Å²) in [5.74, 6) is 0. The topological polar surface area (TPSA) is 52.5 Å². The summed E-state index contributed by atoms with van der Waals surface area (Å²) in [6.45, 7) is 3.07. The Hall–Kier alpha value is -1.39. The molecule has 2 N–H and O–H groups in total. The van der Waals surface area contributed by atoms with Crippen molar-refractivity contribution in [3.05, 3.63) is 35.3 Å². The first-order valence-corrected chi connectivity index (χ1v) is 4.91. The minimum atomic E-state index is 0.513. The number of rotatable bonds is 3. The van der Waals surface area contributed by atoms with Gasteiger partial charge in [0.05, 0.1) is 12.3 Å². The summed E-state index contributed by atoms with van der Waals surface area (Å²) in [6, 6.07) is 4.03. The highest BCUT2D eigenvalue weighted by Crippen LogP contribution is 2.14. The van der Waals surface area contributed by atoms with Gasteiger partial charge in [0.1, 0.15) is 5.65 Å². The molecule has 0 aliphatic heterocycles. The molecule has 0 fully saturated rings. The Labute approximate surface area is 88.7 Å². The predicted octanol–water partition coefficient (Wildman–Crippen LogP) is 1.25. The quantitative estimate of drug-likeness (QED) is 0.820. The lowest BCUT2D eigenvalue weighted by Crippen LogP contribution is -2.03. The van der Waals surface area contributed by atoms with Crippen LogP contribution in [0.25, 0.3) is 5.65 Å². The van der Waals surface area contributed by atoms with Crippen molar-refractivity contribution in [2.45, 2.75) is 20.1 Å². The molecule has 0 aliphatic carbocycles. The maximum absolute atomic E-state index is 5.65. The lowest BCUT2D eigenvalue weighted by molar-refractivity contribution is 0.180. The molecule has 0 aliphatic rings. The maximum atomic E-state index is 5.65. The molecule has 2 heterocycles. The van der Waals surface area contributed by atoms with Crippen molar-refractivity contribution in [3.8, 4) is 0 Å². The third-order valence-corrected chi connectivity index (χ3v) is 2.42. The summed E-state index contributed by atoms with van der Waals surface area (Å²) in [7, 11) is 1.69. The molecule has 0 spiro atoms. The highest BCUT2D eigenvalue weighted by atomic mass is 16.5. The van der Waals surface area contributed by atoms with Gasteiger partial charge in [0.2, 0.25) is 0 Å². The standard InChI is InChI=1S/C11H15N3O/c1-8-5-10(7-15-2)14-4-3-9(6-12)11(14)13-8/h3-5H,6-7,12H2,1-2H3. The van der Waals surface area contributed by atoms with Crippen LogP contribution >= 0.6 is 0 Å². The molecule has 80 valence electrons. The molecule has 2 aromatic heterocycles. The summed E-state index contributed by atoms with van der Waals surface area (Å²) in [6.07, 6.45) is 1.98. The van der Waals surface area contributed by atoms with E-state index in [0.29, 0.717) is 13.2 Å². The van der Waals surface area contributed by atoms with Crippen molar-refractivity contribution < 1.29 is 4.74 Å². The Morgan fingerprint density at radius 3 is 3.00 bits per heavy atom. The molecule has 0 aromatic carbocycles. The smallest absolute Gasteiger partial charge is 0.141 e. The fourth-order valence-corrected chi connectivity index (χ4v) is 1.75. The second-order valence-corrected chi connectivity index (χ2v) is 3.56. The van der Waals surface area contributed by atoms with Crippen LogP contribution in [-0.2, 0) is 17.9 Å². The second-order valence-electron chi connectivity index (χ2n) is 3.56. The molecule has 0 unspecified atom stereocenters. The molecular weight excluding hydrogens is 190 g/mol. The van der Waals surface area contributed by atoms with Crippen LogP contribution in [0.5, 0.6) is 0 Å². The molecular formula is C11H15N3O.